The van der Waals surface area contributed by atoms with Crippen LogP contribution in [0.15, 0.2) is 48.8 Å². The molecule has 1 aliphatic heterocycles. The Morgan fingerprint density at radius 3 is 2.20 bits per heavy atom. The molecule has 2 N–H and O–H groups in total. The lowest BCUT2D eigenvalue weighted by Gasteiger charge is -2.27. The molecule has 1 aliphatic rings. The molecule has 0 spiro atoms. The fourth-order valence-electron chi connectivity index (χ4n) is 3.46. The number of carbonyl (C=O) groups is 2. The zero-order valence-corrected chi connectivity index (χ0v) is 22.6. The Hall–Kier alpha value is -2.61. The number of aromatic nitrogens is 1. The third-order valence-corrected chi connectivity index (χ3v) is 5.78. The van der Waals surface area contributed by atoms with Crippen LogP contribution in [0.3, 0.4) is 0 Å². The van der Waals surface area contributed by atoms with Crippen molar-refractivity contribution in [1.29, 1.82) is 0 Å². The van der Waals surface area contributed by atoms with E-state index in [2.05, 4.69) is 79.6 Å². The molecule has 2 unspecified atom stereocenters. The third kappa shape index (κ3) is 11.6. The lowest BCUT2D eigenvalue weighted by molar-refractivity contribution is -0.109. The Morgan fingerprint density at radius 1 is 1.14 bits per heavy atom. The second kappa shape index (κ2) is 16.1. The molecule has 1 saturated heterocycles. The third-order valence-electron chi connectivity index (χ3n) is 5.78. The van der Waals surface area contributed by atoms with Gasteiger partial charge in [0.15, 0.2) is 0 Å². The molecule has 2 heterocycles. The van der Waals surface area contributed by atoms with Gasteiger partial charge in [-0.15, -0.1) is 0 Å². The van der Waals surface area contributed by atoms with Gasteiger partial charge in [0.1, 0.15) is 18.6 Å². The lowest BCUT2D eigenvalue weighted by Crippen LogP contribution is -2.25. The first-order valence-corrected chi connectivity index (χ1v) is 12.3. The molecule has 35 heavy (non-hydrogen) atoms. The molecule has 3 rings (SSSR count). The van der Waals surface area contributed by atoms with Crippen molar-refractivity contribution in [2.24, 2.45) is 0 Å². The Morgan fingerprint density at radius 2 is 1.83 bits per heavy atom. The maximum atomic E-state index is 11.5. The van der Waals surface area contributed by atoms with Crippen LogP contribution >= 0.6 is 0 Å². The number of likely N-dealkylation sites (N-methyl/N-ethyl adjacent to an activating group) is 3. The second-order valence-corrected chi connectivity index (χ2v) is 10.0. The Kier molecular flexibility index (Phi) is 14.0. The quantitative estimate of drug-likeness (QED) is 0.557. The summed E-state index contributed by atoms with van der Waals surface area (Å²) in [7, 11) is 8.02. The van der Waals surface area contributed by atoms with E-state index >= 15 is 0 Å². The van der Waals surface area contributed by atoms with E-state index in [9.17, 15) is 9.59 Å². The van der Waals surface area contributed by atoms with Gasteiger partial charge in [-0.3, -0.25) is 4.98 Å². The van der Waals surface area contributed by atoms with Crippen LogP contribution in [0.2, 0.25) is 0 Å². The van der Waals surface area contributed by atoms with Gasteiger partial charge in [-0.2, -0.15) is 0 Å². The summed E-state index contributed by atoms with van der Waals surface area (Å²) in [5.41, 5.74) is 3.33. The first-order valence-electron chi connectivity index (χ1n) is 12.3. The molecule has 7 nitrogen and oxygen atoms in total. The van der Waals surface area contributed by atoms with Crippen molar-refractivity contribution in [3.05, 3.63) is 59.9 Å². The number of hydrogen-bond acceptors (Lipinski definition) is 7. The SMILES string of the molecule is CN(c1ccc(C(C)(C)C)cc1)C(C=O)c1cccnc1.CNCCN(C)C.O=CC1CCCN1. The largest absolute Gasteiger partial charge is 0.361 e. The second-order valence-electron chi connectivity index (χ2n) is 10.0. The molecule has 0 aliphatic carbocycles. The summed E-state index contributed by atoms with van der Waals surface area (Å²) in [6.07, 6.45) is 7.57. The van der Waals surface area contributed by atoms with E-state index in [1.807, 2.05) is 31.1 Å². The van der Waals surface area contributed by atoms with Gasteiger partial charge in [-0.25, -0.2) is 0 Å². The molecular formula is C28H45N5O2. The highest BCUT2D eigenvalue weighted by Gasteiger charge is 2.18. The maximum absolute atomic E-state index is 11.5. The van der Waals surface area contributed by atoms with Crippen LogP contribution in [-0.2, 0) is 15.0 Å². The van der Waals surface area contributed by atoms with E-state index < -0.39 is 0 Å². The zero-order valence-electron chi connectivity index (χ0n) is 22.6. The summed E-state index contributed by atoms with van der Waals surface area (Å²) in [5.74, 6) is 0. The van der Waals surface area contributed by atoms with E-state index in [4.69, 9.17) is 0 Å². The summed E-state index contributed by atoms with van der Waals surface area (Å²) in [4.78, 5) is 29.6. The minimum absolute atomic E-state index is 0.129. The van der Waals surface area contributed by atoms with Crippen LogP contribution in [0.1, 0.15) is 50.8 Å². The van der Waals surface area contributed by atoms with Gasteiger partial charge in [0.2, 0.25) is 0 Å². The van der Waals surface area contributed by atoms with Crippen molar-refractivity contribution in [2.75, 3.05) is 52.7 Å². The van der Waals surface area contributed by atoms with Crippen LogP contribution in [0.5, 0.6) is 0 Å². The fourth-order valence-corrected chi connectivity index (χ4v) is 3.46. The van der Waals surface area contributed by atoms with Crippen molar-refractivity contribution < 1.29 is 9.59 Å². The average Bonchev–Trinajstić information content (AvgIpc) is 3.38. The van der Waals surface area contributed by atoms with Crippen LogP contribution in [0.4, 0.5) is 5.69 Å². The monoisotopic (exact) mass is 483 g/mol. The van der Waals surface area contributed by atoms with E-state index in [0.29, 0.717) is 0 Å². The Balaban J connectivity index is 0.000000356. The number of pyridine rings is 1. The molecule has 1 aromatic heterocycles. The smallest absolute Gasteiger partial charge is 0.147 e. The fraction of sp³-hybridized carbons (Fsp3) is 0.536. The minimum atomic E-state index is -0.320. The van der Waals surface area contributed by atoms with E-state index in [-0.39, 0.29) is 17.5 Å². The summed E-state index contributed by atoms with van der Waals surface area (Å²) in [6, 6.07) is 12.0. The molecule has 2 atom stereocenters. The summed E-state index contributed by atoms with van der Waals surface area (Å²) in [6.45, 7) is 9.79. The van der Waals surface area contributed by atoms with Crippen molar-refractivity contribution in [3.63, 3.8) is 0 Å². The molecule has 2 aromatic rings. The predicted molar refractivity (Wildman–Crippen MR) is 146 cm³/mol. The van der Waals surface area contributed by atoms with Crippen LogP contribution < -0.4 is 15.5 Å². The molecular weight excluding hydrogens is 438 g/mol. The number of nitrogens with zero attached hydrogens (tertiary/aromatic N) is 3. The highest BCUT2D eigenvalue weighted by molar-refractivity contribution is 5.68. The van der Waals surface area contributed by atoms with E-state index in [0.717, 1.165) is 56.3 Å². The molecule has 0 radical (unpaired) electrons. The van der Waals surface area contributed by atoms with E-state index in [1.165, 1.54) is 5.56 Å². The van der Waals surface area contributed by atoms with E-state index in [1.54, 1.807) is 12.4 Å². The number of rotatable bonds is 8. The van der Waals surface area contributed by atoms with Crippen molar-refractivity contribution in [1.82, 2.24) is 20.5 Å². The molecule has 0 amide bonds. The highest BCUT2D eigenvalue weighted by Crippen LogP contribution is 2.27. The standard InChI is InChI=1S/C18H22N2O.C5H14N2.C5H9NO/c1-18(2,3)15-7-9-16(10-8-15)20(4)17(13-21)14-6-5-11-19-12-14;1-6-4-5-7(2)3;7-4-5-2-1-3-6-5/h5-13,17H,1-4H3;6H,4-5H2,1-3H3;4-6H,1-3H2. The summed E-state index contributed by atoms with van der Waals surface area (Å²) < 4.78 is 0. The molecule has 7 heteroatoms. The van der Waals surface area contributed by atoms with Crippen LogP contribution in [-0.4, -0.2) is 76.3 Å². The van der Waals surface area contributed by atoms with Gasteiger partial charge in [-0.05, 0) is 75.3 Å². The van der Waals surface area contributed by atoms with Gasteiger partial charge < -0.3 is 30.0 Å². The van der Waals surface area contributed by atoms with Crippen molar-refractivity contribution in [2.45, 2.75) is 51.1 Å². The molecule has 1 aromatic carbocycles. The van der Waals surface area contributed by atoms with Gasteiger partial charge in [0.25, 0.3) is 0 Å². The molecule has 0 bridgehead atoms. The minimum Gasteiger partial charge on any atom is -0.361 e. The topological polar surface area (TPSA) is 77.6 Å². The van der Waals surface area contributed by atoms with Crippen LogP contribution in [0, 0.1) is 0 Å². The normalized spacial score (nSPS) is 15.8. The lowest BCUT2D eigenvalue weighted by atomic mass is 9.87. The van der Waals surface area contributed by atoms with Crippen molar-refractivity contribution in [3.8, 4) is 0 Å². The first-order chi connectivity index (χ1) is 16.6. The Labute approximate surface area is 212 Å². The maximum Gasteiger partial charge on any atom is 0.147 e. The van der Waals surface area contributed by atoms with Gasteiger partial charge >= 0.3 is 0 Å². The van der Waals surface area contributed by atoms with Crippen LogP contribution in [0.25, 0.3) is 0 Å². The molecule has 1 fully saturated rings. The van der Waals surface area contributed by atoms with Gasteiger partial charge in [-0.1, -0.05) is 39.0 Å². The average molecular weight is 484 g/mol. The highest BCUT2D eigenvalue weighted by atomic mass is 16.1. The summed E-state index contributed by atoms with van der Waals surface area (Å²) >= 11 is 0. The number of nitrogens with one attached hydrogen (secondary N) is 2. The number of benzene rings is 1. The number of anilines is 1. The number of aldehydes is 2. The molecule has 194 valence electrons. The predicted octanol–water partition coefficient (Wildman–Crippen LogP) is 3.46. The number of hydrogen-bond donors (Lipinski definition) is 2. The van der Waals surface area contributed by atoms with Gasteiger partial charge in [0, 0.05) is 38.2 Å². The van der Waals surface area contributed by atoms with Crippen molar-refractivity contribution >= 4 is 18.3 Å². The first kappa shape index (κ1) is 30.4. The number of carbonyl (C=O) groups excluding carboxylic acids is 2. The van der Waals surface area contributed by atoms with Gasteiger partial charge in [0.05, 0.1) is 6.04 Å². The Bertz CT molecular complexity index is 829. The summed E-state index contributed by atoms with van der Waals surface area (Å²) in [5, 5.41) is 6.10. The zero-order chi connectivity index (χ0) is 26.3. The molecule has 0 saturated carbocycles.